The lowest BCUT2D eigenvalue weighted by atomic mass is 10.1. The summed E-state index contributed by atoms with van der Waals surface area (Å²) >= 11 is 6.02. The van der Waals surface area contributed by atoms with E-state index in [1.54, 1.807) is 43.3 Å². The third-order valence-corrected chi connectivity index (χ3v) is 3.92. The molecule has 2 aromatic rings. The summed E-state index contributed by atoms with van der Waals surface area (Å²) < 4.78 is 10.1. The average Bonchev–Trinajstić information content (AvgIpc) is 3.14. The molecule has 122 valence electrons. The van der Waals surface area contributed by atoms with Crippen molar-refractivity contribution in [1.29, 1.82) is 0 Å². The summed E-state index contributed by atoms with van der Waals surface area (Å²) in [5.74, 6) is -0.449. The lowest BCUT2D eigenvalue weighted by molar-refractivity contribution is -0.136. The fourth-order valence-corrected chi connectivity index (χ4v) is 2.81. The molecule has 0 spiro atoms. The van der Waals surface area contributed by atoms with Gasteiger partial charge in [-0.1, -0.05) is 17.7 Å². The highest BCUT2D eigenvalue weighted by molar-refractivity contribution is 6.31. The van der Waals surface area contributed by atoms with Gasteiger partial charge in [0.05, 0.1) is 30.2 Å². The molecule has 0 radical (unpaired) electrons. The Kier molecular flexibility index (Phi) is 4.27. The highest BCUT2D eigenvalue weighted by Crippen LogP contribution is 2.36. The van der Waals surface area contributed by atoms with Gasteiger partial charge in [-0.3, -0.25) is 9.69 Å². The molecule has 24 heavy (non-hydrogen) atoms. The van der Waals surface area contributed by atoms with Crippen LogP contribution in [0.2, 0.25) is 5.02 Å². The van der Waals surface area contributed by atoms with E-state index in [0.29, 0.717) is 22.2 Å². The van der Waals surface area contributed by atoms with Crippen LogP contribution in [0.25, 0.3) is 6.08 Å². The minimum Gasteiger partial charge on any atom is -0.465 e. The van der Waals surface area contributed by atoms with Crippen molar-refractivity contribution in [2.75, 3.05) is 12.0 Å². The van der Waals surface area contributed by atoms with E-state index < -0.39 is 5.97 Å². The Balaban J connectivity index is 2.15. The van der Waals surface area contributed by atoms with Gasteiger partial charge in [0.2, 0.25) is 0 Å². The van der Waals surface area contributed by atoms with Crippen LogP contribution in [-0.2, 0) is 14.3 Å². The first kappa shape index (κ1) is 16.1. The van der Waals surface area contributed by atoms with Crippen molar-refractivity contribution in [3.05, 3.63) is 70.3 Å². The summed E-state index contributed by atoms with van der Waals surface area (Å²) in [4.78, 5) is 26.5. The first-order valence-corrected chi connectivity index (χ1v) is 7.55. The third kappa shape index (κ3) is 2.74. The van der Waals surface area contributed by atoms with E-state index >= 15 is 0 Å². The number of rotatable bonds is 3. The maximum atomic E-state index is 12.9. The van der Waals surface area contributed by atoms with Gasteiger partial charge in [-0.15, -0.1) is 0 Å². The molecule has 2 heterocycles. The first-order chi connectivity index (χ1) is 11.5. The molecule has 1 amide bonds. The van der Waals surface area contributed by atoms with Gasteiger partial charge in [-0.05, 0) is 43.3 Å². The second-order valence-electron chi connectivity index (χ2n) is 5.15. The summed E-state index contributed by atoms with van der Waals surface area (Å²) in [6, 6.07) is 10.3. The molecule has 0 saturated carbocycles. The smallest absolute Gasteiger partial charge is 0.340 e. The lowest BCUT2D eigenvalue weighted by Crippen LogP contribution is -2.24. The highest BCUT2D eigenvalue weighted by atomic mass is 35.5. The number of nitrogens with zero attached hydrogens (tertiary/aromatic N) is 1. The topological polar surface area (TPSA) is 59.8 Å². The number of anilines is 1. The van der Waals surface area contributed by atoms with Crippen LogP contribution in [0.1, 0.15) is 12.7 Å². The maximum Gasteiger partial charge on any atom is 0.340 e. The molecule has 0 unspecified atom stereocenters. The number of carbonyl (C=O) groups is 2. The van der Waals surface area contributed by atoms with Gasteiger partial charge in [0.1, 0.15) is 5.76 Å². The van der Waals surface area contributed by atoms with Crippen molar-refractivity contribution in [3.63, 3.8) is 0 Å². The predicted molar refractivity (Wildman–Crippen MR) is 90.3 cm³/mol. The minimum absolute atomic E-state index is 0.207. The predicted octanol–water partition coefficient (Wildman–Crippen LogP) is 3.81. The quantitative estimate of drug-likeness (QED) is 0.628. The summed E-state index contributed by atoms with van der Waals surface area (Å²) in [7, 11) is 1.28. The second kappa shape index (κ2) is 6.37. The van der Waals surface area contributed by atoms with Gasteiger partial charge >= 0.3 is 5.97 Å². The number of benzene rings is 1. The second-order valence-corrected chi connectivity index (χ2v) is 5.58. The van der Waals surface area contributed by atoms with E-state index in [0.717, 1.165) is 0 Å². The van der Waals surface area contributed by atoms with Crippen LogP contribution >= 0.6 is 11.6 Å². The van der Waals surface area contributed by atoms with Gasteiger partial charge in [-0.25, -0.2) is 4.79 Å². The van der Waals surface area contributed by atoms with Crippen LogP contribution in [0.3, 0.4) is 0 Å². The van der Waals surface area contributed by atoms with E-state index in [1.807, 2.05) is 0 Å². The van der Waals surface area contributed by atoms with Gasteiger partial charge in [0, 0.05) is 10.7 Å². The average molecular weight is 344 g/mol. The van der Waals surface area contributed by atoms with Crippen LogP contribution in [0.4, 0.5) is 5.69 Å². The van der Waals surface area contributed by atoms with Crippen molar-refractivity contribution in [2.45, 2.75) is 6.92 Å². The molecule has 1 aliphatic rings. The Morgan fingerprint density at radius 2 is 2.08 bits per heavy atom. The fraction of sp³-hybridized carbons (Fsp3) is 0.111. The van der Waals surface area contributed by atoms with E-state index in [9.17, 15) is 9.59 Å². The molecule has 0 aliphatic carbocycles. The number of furan rings is 1. The number of methoxy groups -OCH3 is 1. The molecule has 1 aromatic carbocycles. The normalized spacial score (nSPS) is 16.2. The number of carbonyl (C=O) groups excluding carboxylic acids is 2. The molecular formula is C18H14ClNO4. The number of ether oxygens (including phenoxy) is 1. The molecule has 0 fully saturated rings. The van der Waals surface area contributed by atoms with Crippen molar-refractivity contribution < 1.29 is 18.7 Å². The standard InChI is InChI=1S/C18H14ClNO4/c1-11-16(18(22)23-2)15(10-14-7-4-8-24-14)17(21)20(11)13-6-3-5-12(19)9-13/h3-10H,1-2H3/b15-10-. The summed E-state index contributed by atoms with van der Waals surface area (Å²) in [6.45, 7) is 1.69. The Morgan fingerprint density at radius 1 is 1.29 bits per heavy atom. The Hall–Kier alpha value is -2.79. The highest BCUT2D eigenvalue weighted by Gasteiger charge is 2.38. The SMILES string of the molecule is COC(=O)C1=C(C)N(c2cccc(Cl)c2)C(=O)/C1=C\c1ccco1. The van der Waals surface area contributed by atoms with Crippen molar-refractivity contribution >= 4 is 35.2 Å². The summed E-state index contributed by atoms with van der Waals surface area (Å²) in [5.41, 5.74) is 1.48. The molecule has 0 bridgehead atoms. The van der Waals surface area contributed by atoms with Gasteiger partial charge < -0.3 is 9.15 Å². The number of halogens is 1. The van der Waals surface area contributed by atoms with Crippen LogP contribution in [0.5, 0.6) is 0 Å². The number of esters is 1. The van der Waals surface area contributed by atoms with Gasteiger partial charge in [0.15, 0.2) is 0 Å². The first-order valence-electron chi connectivity index (χ1n) is 7.17. The van der Waals surface area contributed by atoms with E-state index in [2.05, 4.69) is 0 Å². The van der Waals surface area contributed by atoms with Crippen LogP contribution < -0.4 is 4.90 Å². The number of amides is 1. The van der Waals surface area contributed by atoms with E-state index in [-0.39, 0.29) is 17.1 Å². The molecule has 3 rings (SSSR count). The number of hydrogen-bond donors (Lipinski definition) is 0. The molecule has 1 aromatic heterocycles. The summed E-state index contributed by atoms with van der Waals surface area (Å²) in [6.07, 6.45) is 3.03. The molecule has 0 atom stereocenters. The van der Waals surface area contributed by atoms with Crippen molar-refractivity contribution in [1.82, 2.24) is 0 Å². The zero-order valence-electron chi connectivity index (χ0n) is 13.1. The lowest BCUT2D eigenvalue weighted by Gasteiger charge is -2.18. The molecule has 5 nitrogen and oxygen atoms in total. The zero-order valence-corrected chi connectivity index (χ0v) is 13.8. The number of hydrogen-bond acceptors (Lipinski definition) is 4. The van der Waals surface area contributed by atoms with Crippen LogP contribution in [0.15, 0.2) is 63.9 Å². The third-order valence-electron chi connectivity index (χ3n) is 3.69. The minimum atomic E-state index is -0.580. The van der Waals surface area contributed by atoms with Crippen molar-refractivity contribution in [3.8, 4) is 0 Å². The Morgan fingerprint density at radius 3 is 2.71 bits per heavy atom. The Labute approximate surface area is 143 Å². The van der Waals surface area contributed by atoms with Gasteiger partial charge in [0.25, 0.3) is 5.91 Å². The molecular weight excluding hydrogens is 330 g/mol. The van der Waals surface area contributed by atoms with Crippen molar-refractivity contribution in [2.24, 2.45) is 0 Å². The molecule has 6 heteroatoms. The van der Waals surface area contributed by atoms with Crippen LogP contribution in [0, 0.1) is 0 Å². The summed E-state index contributed by atoms with van der Waals surface area (Å²) in [5, 5.41) is 0.496. The molecule has 0 saturated heterocycles. The zero-order chi connectivity index (χ0) is 17.3. The van der Waals surface area contributed by atoms with Crippen LogP contribution in [-0.4, -0.2) is 19.0 Å². The maximum absolute atomic E-state index is 12.9. The monoisotopic (exact) mass is 343 g/mol. The largest absolute Gasteiger partial charge is 0.465 e. The number of allylic oxidation sites excluding steroid dienone is 1. The fourth-order valence-electron chi connectivity index (χ4n) is 2.62. The molecule has 0 N–H and O–H groups in total. The van der Waals surface area contributed by atoms with E-state index in [1.165, 1.54) is 24.3 Å². The Bertz CT molecular complexity index is 865. The van der Waals surface area contributed by atoms with Gasteiger partial charge in [-0.2, -0.15) is 0 Å². The molecule has 1 aliphatic heterocycles. The van der Waals surface area contributed by atoms with E-state index in [4.69, 9.17) is 20.8 Å².